The first kappa shape index (κ1) is 12.2. The highest BCUT2D eigenvalue weighted by Gasteiger charge is 2.22. The fourth-order valence-corrected chi connectivity index (χ4v) is 1.74. The third-order valence-electron chi connectivity index (χ3n) is 2.24. The highest BCUT2D eigenvalue weighted by Crippen LogP contribution is 2.31. The minimum atomic E-state index is -0.860. The average Bonchev–Trinajstić information content (AvgIpc) is 2.44. The number of hydrogen-bond donors (Lipinski definition) is 1. The second-order valence-corrected chi connectivity index (χ2v) is 4.14. The van der Waals surface area contributed by atoms with Crippen LogP contribution in [0.3, 0.4) is 0 Å². The molecule has 0 bridgehead atoms. The van der Waals surface area contributed by atoms with E-state index in [2.05, 4.69) is 5.10 Å². The van der Waals surface area contributed by atoms with Crippen molar-refractivity contribution >= 4 is 17.9 Å². The number of aryl methyl sites for hydroxylation is 1. The van der Waals surface area contributed by atoms with E-state index in [0.717, 1.165) is 5.69 Å². The molecule has 15 heavy (non-hydrogen) atoms. The van der Waals surface area contributed by atoms with Gasteiger partial charge in [-0.15, -0.1) is 0 Å². The Morgan fingerprint density at radius 1 is 1.60 bits per heavy atom. The maximum absolute atomic E-state index is 10.4. The molecular weight excluding hydrogens is 216 g/mol. The summed E-state index contributed by atoms with van der Waals surface area (Å²) in [6.07, 6.45) is -0.135. The molecule has 1 aromatic heterocycles. The van der Waals surface area contributed by atoms with Gasteiger partial charge in [-0.05, 0) is 5.92 Å². The lowest BCUT2D eigenvalue weighted by atomic mass is 10.0. The Labute approximate surface area is 93.9 Å². The first-order valence-corrected chi connectivity index (χ1v) is 5.20. The minimum absolute atomic E-state index is 0.0468. The van der Waals surface area contributed by atoms with Gasteiger partial charge in [0.15, 0.2) is 0 Å². The average molecular weight is 231 g/mol. The maximum Gasteiger partial charge on any atom is 0.132 e. The van der Waals surface area contributed by atoms with Crippen molar-refractivity contribution in [2.75, 3.05) is 0 Å². The zero-order valence-corrected chi connectivity index (χ0v) is 9.82. The van der Waals surface area contributed by atoms with E-state index >= 15 is 0 Å². The van der Waals surface area contributed by atoms with Crippen LogP contribution in [-0.4, -0.2) is 21.2 Å². The van der Waals surface area contributed by atoms with Crippen LogP contribution in [0.25, 0.3) is 0 Å². The van der Waals surface area contributed by atoms with Crippen LogP contribution in [0.4, 0.5) is 0 Å². The van der Waals surface area contributed by atoms with Gasteiger partial charge in [-0.3, -0.25) is 4.68 Å². The summed E-state index contributed by atoms with van der Waals surface area (Å²) < 4.78 is 1.51. The number of aromatic nitrogens is 2. The SMILES string of the molecule is CC(C)c1nn(C)c(Cl)c1C(O)CC=O. The number of aldehydes is 1. The molecule has 0 spiro atoms. The van der Waals surface area contributed by atoms with Crippen molar-refractivity contribution < 1.29 is 9.90 Å². The van der Waals surface area contributed by atoms with Gasteiger partial charge in [-0.1, -0.05) is 25.4 Å². The molecule has 0 aliphatic heterocycles. The molecule has 4 nitrogen and oxygen atoms in total. The van der Waals surface area contributed by atoms with Crippen molar-refractivity contribution in [2.24, 2.45) is 7.05 Å². The Hall–Kier alpha value is -0.870. The van der Waals surface area contributed by atoms with Crippen molar-refractivity contribution in [3.8, 4) is 0 Å². The van der Waals surface area contributed by atoms with Crippen LogP contribution >= 0.6 is 11.6 Å². The molecule has 0 saturated carbocycles. The van der Waals surface area contributed by atoms with Crippen LogP contribution in [0.2, 0.25) is 5.15 Å². The van der Waals surface area contributed by atoms with Gasteiger partial charge < -0.3 is 9.90 Å². The number of carbonyl (C=O) groups excluding carboxylic acids is 1. The number of aliphatic hydroxyl groups excluding tert-OH is 1. The molecule has 1 atom stereocenters. The molecule has 0 fully saturated rings. The lowest BCUT2D eigenvalue weighted by Crippen LogP contribution is -2.02. The Morgan fingerprint density at radius 3 is 2.67 bits per heavy atom. The Balaban J connectivity index is 3.18. The quantitative estimate of drug-likeness (QED) is 0.803. The molecule has 0 radical (unpaired) electrons. The minimum Gasteiger partial charge on any atom is -0.388 e. The molecule has 1 aromatic rings. The fourth-order valence-electron chi connectivity index (χ4n) is 1.48. The van der Waals surface area contributed by atoms with Crippen LogP contribution in [0.15, 0.2) is 0 Å². The van der Waals surface area contributed by atoms with Crippen LogP contribution in [0, 0.1) is 0 Å². The number of carbonyl (C=O) groups is 1. The van der Waals surface area contributed by atoms with Crippen molar-refractivity contribution in [1.29, 1.82) is 0 Å². The molecule has 0 amide bonds. The van der Waals surface area contributed by atoms with E-state index in [0.29, 0.717) is 17.0 Å². The standard InChI is InChI=1S/C10H15ClN2O2/c1-6(2)9-8(7(15)4-5-14)10(11)13(3)12-9/h5-7,15H,4H2,1-3H3. The third-order valence-corrected chi connectivity index (χ3v) is 2.69. The van der Waals surface area contributed by atoms with E-state index < -0.39 is 6.10 Å². The molecular formula is C10H15ClN2O2. The van der Waals surface area contributed by atoms with Crippen LogP contribution in [0.5, 0.6) is 0 Å². The van der Waals surface area contributed by atoms with E-state index in [4.69, 9.17) is 11.6 Å². The smallest absolute Gasteiger partial charge is 0.132 e. The van der Waals surface area contributed by atoms with Gasteiger partial charge in [-0.25, -0.2) is 0 Å². The van der Waals surface area contributed by atoms with Gasteiger partial charge in [-0.2, -0.15) is 5.10 Å². The lowest BCUT2D eigenvalue weighted by molar-refractivity contribution is -0.109. The molecule has 1 rings (SSSR count). The summed E-state index contributed by atoms with van der Waals surface area (Å²) in [6, 6.07) is 0. The lowest BCUT2D eigenvalue weighted by Gasteiger charge is -2.09. The summed E-state index contributed by atoms with van der Waals surface area (Å²) >= 11 is 6.01. The largest absolute Gasteiger partial charge is 0.388 e. The summed E-state index contributed by atoms with van der Waals surface area (Å²) in [6.45, 7) is 3.94. The molecule has 5 heteroatoms. The maximum atomic E-state index is 10.4. The van der Waals surface area contributed by atoms with Crippen LogP contribution in [-0.2, 0) is 11.8 Å². The second-order valence-electron chi connectivity index (χ2n) is 3.79. The second kappa shape index (κ2) is 4.77. The van der Waals surface area contributed by atoms with E-state index in [9.17, 15) is 9.90 Å². The molecule has 1 N–H and O–H groups in total. The van der Waals surface area contributed by atoms with E-state index in [-0.39, 0.29) is 12.3 Å². The van der Waals surface area contributed by atoms with E-state index in [1.165, 1.54) is 4.68 Å². The van der Waals surface area contributed by atoms with Crippen molar-refractivity contribution in [3.05, 3.63) is 16.4 Å². The number of nitrogens with zero attached hydrogens (tertiary/aromatic N) is 2. The Kier molecular flexibility index (Phi) is 3.88. The van der Waals surface area contributed by atoms with Gasteiger partial charge in [0.2, 0.25) is 0 Å². The van der Waals surface area contributed by atoms with Gasteiger partial charge >= 0.3 is 0 Å². The van der Waals surface area contributed by atoms with Gasteiger partial charge in [0.05, 0.1) is 11.8 Å². The topological polar surface area (TPSA) is 55.1 Å². The van der Waals surface area contributed by atoms with Crippen LogP contribution in [0.1, 0.15) is 43.5 Å². The first-order chi connectivity index (χ1) is 6.99. The van der Waals surface area contributed by atoms with E-state index in [1.807, 2.05) is 13.8 Å². The Bertz CT molecular complexity index is 361. The zero-order chi connectivity index (χ0) is 11.6. The summed E-state index contributed by atoms with van der Waals surface area (Å²) in [5.41, 5.74) is 1.32. The zero-order valence-electron chi connectivity index (χ0n) is 9.07. The summed E-state index contributed by atoms with van der Waals surface area (Å²) in [5, 5.41) is 14.4. The highest BCUT2D eigenvalue weighted by molar-refractivity contribution is 6.30. The predicted molar refractivity (Wildman–Crippen MR) is 57.9 cm³/mol. The van der Waals surface area contributed by atoms with Gasteiger partial charge in [0, 0.05) is 19.0 Å². The van der Waals surface area contributed by atoms with Gasteiger partial charge in [0.1, 0.15) is 11.4 Å². The monoisotopic (exact) mass is 230 g/mol. The van der Waals surface area contributed by atoms with E-state index in [1.54, 1.807) is 7.05 Å². The molecule has 0 aromatic carbocycles. The predicted octanol–water partition coefficient (Wildman–Crippen LogP) is 1.82. The molecule has 0 aliphatic rings. The fraction of sp³-hybridized carbons (Fsp3) is 0.600. The van der Waals surface area contributed by atoms with Crippen LogP contribution < -0.4 is 0 Å². The number of aliphatic hydroxyl groups is 1. The first-order valence-electron chi connectivity index (χ1n) is 4.83. The summed E-state index contributed by atoms with van der Waals surface area (Å²) in [7, 11) is 1.71. The Morgan fingerprint density at radius 2 is 2.20 bits per heavy atom. The van der Waals surface area contributed by atoms with Crippen molar-refractivity contribution in [3.63, 3.8) is 0 Å². The molecule has 1 unspecified atom stereocenters. The van der Waals surface area contributed by atoms with Crippen molar-refractivity contribution in [2.45, 2.75) is 32.3 Å². The number of hydrogen-bond acceptors (Lipinski definition) is 3. The number of halogens is 1. The molecule has 0 saturated heterocycles. The molecule has 84 valence electrons. The molecule has 1 heterocycles. The van der Waals surface area contributed by atoms with Crippen molar-refractivity contribution in [1.82, 2.24) is 9.78 Å². The van der Waals surface area contributed by atoms with Gasteiger partial charge in [0.25, 0.3) is 0 Å². The summed E-state index contributed by atoms with van der Waals surface area (Å²) in [5.74, 6) is 0.167. The normalized spacial score (nSPS) is 13.2. The number of rotatable bonds is 4. The summed E-state index contributed by atoms with van der Waals surface area (Å²) in [4.78, 5) is 10.4. The third kappa shape index (κ3) is 2.38. The highest BCUT2D eigenvalue weighted by atomic mass is 35.5. The molecule has 0 aliphatic carbocycles.